The van der Waals surface area contributed by atoms with Gasteiger partial charge in [0.1, 0.15) is 11.4 Å². The van der Waals surface area contributed by atoms with Gasteiger partial charge in [0.05, 0.1) is 12.3 Å². The molecule has 0 amide bonds. The largest absolute Gasteiger partial charge is 0.378 e. The van der Waals surface area contributed by atoms with Crippen LogP contribution >= 0.6 is 11.8 Å². The Morgan fingerprint density at radius 1 is 1.30 bits per heavy atom. The number of ether oxygens (including phenoxy) is 1. The lowest BCUT2D eigenvalue weighted by atomic mass is 9.96. The maximum absolute atomic E-state index is 6.14. The molecule has 0 spiro atoms. The van der Waals surface area contributed by atoms with Gasteiger partial charge < -0.3 is 10.6 Å². The SMILES string of the molecule is COCc1cc(Sc2nnc(C(C)(C)C)n2N)n2ncnc2n1. The molecule has 0 aliphatic rings. The van der Waals surface area contributed by atoms with Crippen LogP contribution in [0.4, 0.5) is 0 Å². The molecule has 0 aliphatic carbocycles. The molecule has 0 aliphatic heterocycles. The second kappa shape index (κ2) is 5.78. The molecule has 0 unspecified atom stereocenters. The molecule has 3 rings (SSSR count). The fourth-order valence-corrected chi connectivity index (χ4v) is 2.94. The van der Waals surface area contributed by atoms with Gasteiger partial charge in [0.2, 0.25) is 5.16 Å². The molecule has 0 aromatic carbocycles. The molecule has 0 radical (unpaired) electrons. The summed E-state index contributed by atoms with van der Waals surface area (Å²) in [4.78, 5) is 8.50. The molecule has 2 N–H and O–H groups in total. The number of nitrogens with two attached hydrogens (primary N) is 1. The first-order chi connectivity index (χ1) is 10.9. The number of hydrogen-bond acceptors (Lipinski definition) is 8. The second-order valence-electron chi connectivity index (χ2n) is 6.02. The number of nitrogen functional groups attached to an aromatic ring is 1. The van der Waals surface area contributed by atoms with E-state index in [-0.39, 0.29) is 5.41 Å². The Hall–Kier alpha value is -2.20. The maximum Gasteiger partial charge on any atom is 0.253 e. The number of hydrogen-bond donors (Lipinski definition) is 1. The van der Waals surface area contributed by atoms with Crippen molar-refractivity contribution in [3.05, 3.63) is 23.9 Å². The van der Waals surface area contributed by atoms with E-state index >= 15 is 0 Å². The highest BCUT2D eigenvalue weighted by Gasteiger charge is 2.24. The van der Waals surface area contributed by atoms with Gasteiger partial charge in [0.25, 0.3) is 5.78 Å². The van der Waals surface area contributed by atoms with Crippen LogP contribution in [0, 0.1) is 0 Å². The van der Waals surface area contributed by atoms with Crippen molar-refractivity contribution in [3.8, 4) is 0 Å². The van der Waals surface area contributed by atoms with Crippen molar-refractivity contribution in [2.75, 3.05) is 13.0 Å². The van der Waals surface area contributed by atoms with Crippen LogP contribution in [0.3, 0.4) is 0 Å². The second-order valence-corrected chi connectivity index (χ2v) is 7.01. The third-order valence-corrected chi connectivity index (χ3v) is 4.06. The minimum absolute atomic E-state index is 0.192. The van der Waals surface area contributed by atoms with Crippen molar-refractivity contribution < 1.29 is 4.74 Å². The summed E-state index contributed by atoms with van der Waals surface area (Å²) in [7, 11) is 1.62. The Bertz CT molecular complexity index is 834. The Morgan fingerprint density at radius 2 is 2.09 bits per heavy atom. The lowest BCUT2D eigenvalue weighted by Gasteiger charge is -2.16. The number of rotatable bonds is 4. The summed E-state index contributed by atoms with van der Waals surface area (Å²) in [6.07, 6.45) is 1.46. The summed E-state index contributed by atoms with van der Waals surface area (Å²) in [5, 5.41) is 13.9. The molecule has 23 heavy (non-hydrogen) atoms. The zero-order valence-corrected chi connectivity index (χ0v) is 14.2. The number of fused-ring (bicyclic) bond motifs is 1. The molecule has 0 saturated heterocycles. The van der Waals surface area contributed by atoms with Crippen LogP contribution in [-0.2, 0) is 16.8 Å². The van der Waals surface area contributed by atoms with E-state index < -0.39 is 0 Å². The van der Waals surface area contributed by atoms with Crippen molar-refractivity contribution in [1.82, 2.24) is 34.5 Å². The van der Waals surface area contributed by atoms with Crippen molar-refractivity contribution >= 4 is 17.5 Å². The summed E-state index contributed by atoms with van der Waals surface area (Å²) in [5.74, 6) is 7.35. The smallest absolute Gasteiger partial charge is 0.253 e. The average Bonchev–Trinajstić information content (AvgIpc) is 3.06. The van der Waals surface area contributed by atoms with Gasteiger partial charge in [0, 0.05) is 12.5 Å². The first-order valence-electron chi connectivity index (χ1n) is 6.97. The van der Waals surface area contributed by atoms with Crippen molar-refractivity contribution in [2.45, 2.75) is 43.0 Å². The van der Waals surface area contributed by atoms with E-state index in [1.54, 1.807) is 11.6 Å². The van der Waals surface area contributed by atoms with E-state index in [1.807, 2.05) is 26.8 Å². The van der Waals surface area contributed by atoms with Gasteiger partial charge in [-0.2, -0.15) is 14.6 Å². The number of methoxy groups -OCH3 is 1. The van der Waals surface area contributed by atoms with Gasteiger partial charge in [-0.05, 0) is 17.8 Å². The molecule has 3 heterocycles. The minimum Gasteiger partial charge on any atom is -0.378 e. The zero-order chi connectivity index (χ0) is 16.6. The van der Waals surface area contributed by atoms with Crippen molar-refractivity contribution in [2.24, 2.45) is 0 Å². The van der Waals surface area contributed by atoms with E-state index in [0.717, 1.165) is 10.7 Å². The van der Waals surface area contributed by atoms with Crippen LogP contribution in [0.2, 0.25) is 0 Å². The molecular formula is C13H18N8OS. The topological polar surface area (TPSA) is 109 Å². The molecule has 122 valence electrons. The highest BCUT2D eigenvalue weighted by Crippen LogP contribution is 2.28. The molecule has 0 fully saturated rings. The quantitative estimate of drug-likeness (QED) is 0.556. The van der Waals surface area contributed by atoms with Gasteiger partial charge in [-0.3, -0.25) is 0 Å². The zero-order valence-electron chi connectivity index (χ0n) is 13.4. The Balaban J connectivity index is 2.01. The van der Waals surface area contributed by atoms with Gasteiger partial charge in [0.15, 0.2) is 5.82 Å². The Labute approximate surface area is 137 Å². The van der Waals surface area contributed by atoms with Crippen LogP contribution in [-0.4, -0.2) is 41.6 Å². The van der Waals surface area contributed by atoms with E-state index in [4.69, 9.17) is 10.6 Å². The van der Waals surface area contributed by atoms with Crippen LogP contribution in [0.15, 0.2) is 22.6 Å². The first-order valence-corrected chi connectivity index (χ1v) is 7.79. The summed E-state index contributed by atoms with van der Waals surface area (Å²) >= 11 is 1.35. The average molecular weight is 334 g/mol. The fourth-order valence-electron chi connectivity index (χ4n) is 2.08. The fraction of sp³-hybridized carbons (Fsp3) is 0.462. The standard InChI is InChI=1S/C13H18N8OS/c1-13(2,3)10-18-19-12(20(10)14)23-9-5-8(6-22-4)17-11-15-7-16-21(9)11/h5,7H,6,14H2,1-4H3. The maximum atomic E-state index is 6.14. The molecule has 9 nitrogen and oxygen atoms in total. The predicted octanol–water partition coefficient (Wildman–Crippen LogP) is 1.02. The molecule has 0 saturated carbocycles. The van der Waals surface area contributed by atoms with Crippen LogP contribution in [0.5, 0.6) is 0 Å². The van der Waals surface area contributed by atoms with Gasteiger partial charge >= 0.3 is 0 Å². The molecule has 10 heteroatoms. The third-order valence-electron chi connectivity index (χ3n) is 3.10. The van der Waals surface area contributed by atoms with Crippen molar-refractivity contribution in [3.63, 3.8) is 0 Å². The minimum atomic E-state index is -0.192. The predicted molar refractivity (Wildman–Crippen MR) is 84.5 cm³/mol. The summed E-state index contributed by atoms with van der Waals surface area (Å²) < 4.78 is 8.28. The molecule has 3 aromatic heterocycles. The summed E-state index contributed by atoms with van der Waals surface area (Å²) in [5.41, 5.74) is 0.567. The van der Waals surface area contributed by atoms with E-state index in [0.29, 0.717) is 23.4 Å². The van der Waals surface area contributed by atoms with Gasteiger partial charge in [-0.1, -0.05) is 20.8 Å². The van der Waals surface area contributed by atoms with E-state index in [9.17, 15) is 0 Å². The van der Waals surface area contributed by atoms with Gasteiger partial charge in [-0.25, -0.2) is 9.66 Å². The normalized spacial score (nSPS) is 12.2. The van der Waals surface area contributed by atoms with Crippen LogP contribution in [0.1, 0.15) is 32.3 Å². The monoisotopic (exact) mass is 334 g/mol. The third kappa shape index (κ3) is 2.99. The molecule has 0 atom stereocenters. The van der Waals surface area contributed by atoms with Crippen LogP contribution < -0.4 is 5.84 Å². The van der Waals surface area contributed by atoms with E-state index in [1.165, 1.54) is 22.8 Å². The summed E-state index contributed by atoms with van der Waals surface area (Å²) in [6, 6.07) is 1.88. The van der Waals surface area contributed by atoms with Gasteiger partial charge in [-0.15, -0.1) is 10.2 Å². The lowest BCUT2D eigenvalue weighted by Crippen LogP contribution is -2.24. The van der Waals surface area contributed by atoms with E-state index in [2.05, 4.69) is 25.3 Å². The van der Waals surface area contributed by atoms with Crippen LogP contribution in [0.25, 0.3) is 5.78 Å². The number of aromatic nitrogens is 7. The summed E-state index contributed by atoms with van der Waals surface area (Å²) in [6.45, 7) is 6.49. The van der Waals surface area contributed by atoms with Crippen molar-refractivity contribution in [1.29, 1.82) is 0 Å². The highest BCUT2D eigenvalue weighted by molar-refractivity contribution is 7.99. The Kier molecular flexibility index (Phi) is 3.94. The molecule has 3 aromatic rings. The molecular weight excluding hydrogens is 316 g/mol. The Morgan fingerprint density at radius 3 is 2.74 bits per heavy atom. The highest BCUT2D eigenvalue weighted by atomic mass is 32.2. The number of nitrogens with zero attached hydrogens (tertiary/aromatic N) is 7. The lowest BCUT2D eigenvalue weighted by molar-refractivity contribution is 0.181. The first kappa shape index (κ1) is 15.7. The molecule has 0 bridgehead atoms.